The van der Waals surface area contributed by atoms with Crippen molar-refractivity contribution in [3.05, 3.63) is 34.5 Å². The minimum atomic E-state index is -0.140. The maximum Gasteiger partial charge on any atom is 0.257 e. The monoisotopic (exact) mass is 414 g/mol. The lowest BCUT2D eigenvalue weighted by Crippen LogP contribution is -2.47. The molecule has 9 nitrogen and oxygen atoms in total. The Hall–Kier alpha value is -2.68. The number of aryl methyl sites for hydroxylation is 3. The predicted molar refractivity (Wildman–Crippen MR) is 110 cm³/mol. The highest BCUT2D eigenvalue weighted by atomic mass is 16.5. The van der Waals surface area contributed by atoms with E-state index in [2.05, 4.69) is 27.5 Å². The molecular formula is C21H30N6O3. The Kier molecular flexibility index (Phi) is 5.90. The van der Waals surface area contributed by atoms with Gasteiger partial charge in [-0.25, -0.2) is 0 Å². The maximum atomic E-state index is 13.0. The van der Waals surface area contributed by atoms with Crippen LogP contribution < -0.4 is 5.32 Å². The quantitative estimate of drug-likeness (QED) is 0.788. The maximum absolute atomic E-state index is 13.0. The van der Waals surface area contributed by atoms with Gasteiger partial charge in [-0.1, -0.05) is 12.1 Å². The minimum Gasteiger partial charge on any atom is -0.360 e. The van der Waals surface area contributed by atoms with E-state index in [9.17, 15) is 9.59 Å². The van der Waals surface area contributed by atoms with Crippen LogP contribution in [-0.4, -0.2) is 76.3 Å². The molecule has 9 heteroatoms. The fourth-order valence-electron chi connectivity index (χ4n) is 4.31. The van der Waals surface area contributed by atoms with Gasteiger partial charge in [0.15, 0.2) is 0 Å². The predicted octanol–water partition coefficient (Wildman–Crippen LogP) is 1.12. The van der Waals surface area contributed by atoms with E-state index >= 15 is 0 Å². The molecule has 2 aromatic heterocycles. The summed E-state index contributed by atoms with van der Waals surface area (Å²) in [5.74, 6) is 0.814. The Bertz CT molecular complexity index is 925. The number of nitrogens with one attached hydrogen (secondary N) is 1. The molecular weight excluding hydrogens is 384 g/mol. The van der Waals surface area contributed by atoms with Crippen molar-refractivity contribution in [2.24, 2.45) is 5.92 Å². The van der Waals surface area contributed by atoms with Gasteiger partial charge in [-0.05, 0) is 32.7 Å². The molecule has 2 aliphatic heterocycles. The lowest BCUT2D eigenvalue weighted by molar-refractivity contribution is 0.0661. The fraction of sp³-hybridized carbons (Fsp3) is 0.619. The normalized spacial score (nSPS) is 19.6. The topological polar surface area (TPSA) is 96.5 Å². The Morgan fingerprint density at radius 1 is 1.23 bits per heavy atom. The van der Waals surface area contributed by atoms with Crippen LogP contribution in [0.5, 0.6) is 0 Å². The van der Waals surface area contributed by atoms with E-state index in [1.54, 1.807) is 13.1 Å². The third-order valence-corrected chi connectivity index (χ3v) is 6.23. The number of carbonyl (C=O) groups is 2. The summed E-state index contributed by atoms with van der Waals surface area (Å²) in [6, 6.07) is 0. The fourth-order valence-corrected chi connectivity index (χ4v) is 4.31. The van der Waals surface area contributed by atoms with E-state index in [0.717, 1.165) is 51.3 Å². The number of carbonyl (C=O) groups excluding carboxylic acids is 2. The van der Waals surface area contributed by atoms with Gasteiger partial charge in [-0.3, -0.25) is 14.3 Å². The average molecular weight is 415 g/mol. The molecule has 162 valence electrons. The van der Waals surface area contributed by atoms with Crippen molar-refractivity contribution in [1.29, 1.82) is 0 Å². The number of piperazine rings is 1. The summed E-state index contributed by atoms with van der Waals surface area (Å²) in [6.07, 6.45) is 3.99. The van der Waals surface area contributed by atoms with E-state index in [-0.39, 0.29) is 17.7 Å². The summed E-state index contributed by atoms with van der Waals surface area (Å²) >= 11 is 0. The van der Waals surface area contributed by atoms with E-state index in [4.69, 9.17) is 4.52 Å². The zero-order valence-corrected chi connectivity index (χ0v) is 18.0. The molecule has 2 aromatic rings. The highest BCUT2D eigenvalue weighted by Gasteiger charge is 2.29. The van der Waals surface area contributed by atoms with Crippen molar-refractivity contribution in [2.75, 3.05) is 39.8 Å². The molecule has 1 atom stereocenters. The third kappa shape index (κ3) is 3.98. The van der Waals surface area contributed by atoms with E-state index in [1.165, 1.54) is 0 Å². The van der Waals surface area contributed by atoms with Crippen LogP contribution in [0.25, 0.3) is 0 Å². The first-order valence-corrected chi connectivity index (χ1v) is 10.7. The molecule has 2 amide bonds. The SMILES string of the molecule is CCc1onc(C)c1C(=O)NC[C@@H]1CCn2ncc(C(=O)N3CCN(C)CC3)c2C1. The zero-order chi connectivity index (χ0) is 21.3. The molecule has 0 saturated carbocycles. The van der Waals surface area contributed by atoms with Crippen molar-refractivity contribution < 1.29 is 14.1 Å². The van der Waals surface area contributed by atoms with Crippen LogP contribution in [-0.2, 0) is 19.4 Å². The molecule has 1 N–H and O–H groups in total. The summed E-state index contributed by atoms with van der Waals surface area (Å²) in [6.45, 7) is 8.33. The minimum absolute atomic E-state index is 0.0710. The van der Waals surface area contributed by atoms with Gasteiger partial charge in [-0.15, -0.1) is 0 Å². The second kappa shape index (κ2) is 8.59. The van der Waals surface area contributed by atoms with Crippen LogP contribution in [0.4, 0.5) is 0 Å². The molecule has 0 bridgehead atoms. The standard InChI is InChI=1S/C21H30N6O3/c1-4-18-19(14(2)24-30-18)20(28)22-12-15-5-6-27-17(11-15)16(13-23-27)21(29)26-9-7-25(3)8-10-26/h13,15H,4-12H2,1-3H3,(H,22,28)/t15-/m1/s1. The summed E-state index contributed by atoms with van der Waals surface area (Å²) < 4.78 is 7.18. The average Bonchev–Trinajstić information content (AvgIpc) is 3.34. The number of fused-ring (bicyclic) bond motifs is 1. The highest BCUT2D eigenvalue weighted by Crippen LogP contribution is 2.24. The Morgan fingerprint density at radius 3 is 2.73 bits per heavy atom. The van der Waals surface area contributed by atoms with E-state index in [0.29, 0.717) is 35.5 Å². The van der Waals surface area contributed by atoms with Gasteiger partial charge >= 0.3 is 0 Å². The zero-order valence-electron chi connectivity index (χ0n) is 18.0. The molecule has 2 aliphatic rings. The second-order valence-electron chi connectivity index (χ2n) is 8.31. The van der Waals surface area contributed by atoms with Gasteiger partial charge < -0.3 is 19.6 Å². The number of amides is 2. The van der Waals surface area contributed by atoms with Crippen LogP contribution in [0.15, 0.2) is 10.7 Å². The first kappa shape index (κ1) is 20.6. The Morgan fingerprint density at radius 2 is 2.00 bits per heavy atom. The summed E-state index contributed by atoms with van der Waals surface area (Å²) in [5, 5.41) is 11.4. The molecule has 1 fully saturated rings. The van der Waals surface area contributed by atoms with Gasteiger partial charge in [0.1, 0.15) is 11.3 Å². The molecule has 1 saturated heterocycles. The Balaban J connectivity index is 1.40. The molecule has 0 aliphatic carbocycles. The van der Waals surface area contributed by atoms with Crippen LogP contribution in [0, 0.1) is 12.8 Å². The van der Waals surface area contributed by atoms with Gasteiger partial charge in [-0.2, -0.15) is 5.10 Å². The summed E-state index contributed by atoms with van der Waals surface area (Å²) in [4.78, 5) is 29.9. The number of hydrogen-bond acceptors (Lipinski definition) is 6. The van der Waals surface area contributed by atoms with Crippen LogP contribution in [0.3, 0.4) is 0 Å². The largest absolute Gasteiger partial charge is 0.360 e. The van der Waals surface area contributed by atoms with Gasteiger partial charge in [0.2, 0.25) is 0 Å². The van der Waals surface area contributed by atoms with E-state index in [1.807, 2.05) is 16.5 Å². The number of nitrogens with zero attached hydrogens (tertiary/aromatic N) is 5. The molecule has 4 rings (SSSR count). The Labute approximate surface area is 176 Å². The molecule has 30 heavy (non-hydrogen) atoms. The smallest absolute Gasteiger partial charge is 0.257 e. The van der Waals surface area contributed by atoms with Crippen molar-refractivity contribution in [3.63, 3.8) is 0 Å². The second-order valence-corrected chi connectivity index (χ2v) is 8.31. The van der Waals surface area contributed by atoms with Crippen molar-refractivity contribution in [2.45, 2.75) is 39.7 Å². The summed E-state index contributed by atoms with van der Waals surface area (Å²) in [5.41, 5.74) is 2.86. The lowest BCUT2D eigenvalue weighted by atomic mass is 9.94. The number of rotatable bonds is 5. The first-order valence-electron chi connectivity index (χ1n) is 10.7. The van der Waals surface area contributed by atoms with Crippen molar-refractivity contribution >= 4 is 11.8 Å². The van der Waals surface area contributed by atoms with Gasteiger partial charge in [0.05, 0.1) is 23.1 Å². The van der Waals surface area contributed by atoms with Crippen LogP contribution in [0.2, 0.25) is 0 Å². The summed E-state index contributed by atoms with van der Waals surface area (Å²) in [7, 11) is 2.08. The number of hydrogen-bond donors (Lipinski definition) is 1. The lowest BCUT2D eigenvalue weighted by Gasteiger charge is -2.32. The van der Waals surface area contributed by atoms with Crippen LogP contribution >= 0.6 is 0 Å². The molecule has 0 unspecified atom stereocenters. The highest BCUT2D eigenvalue weighted by molar-refractivity contribution is 5.96. The molecule has 4 heterocycles. The van der Waals surface area contributed by atoms with Crippen molar-refractivity contribution in [1.82, 2.24) is 30.1 Å². The van der Waals surface area contributed by atoms with E-state index < -0.39 is 0 Å². The number of aromatic nitrogens is 3. The van der Waals surface area contributed by atoms with Crippen LogP contribution in [0.1, 0.15) is 51.2 Å². The molecule has 0 aromatic carbocycles. The third-order valence-electron chi connectivity index (χ3n) is 6.23. The van der Waals surface area contributed by atoms with Crippen molar-refractivity contribution in [3.8, 4) is 0 Å². The van der Waals surface area contributed by atoms with Gasteiger partial charge in [0.25, 0.3) is 11.8 Å². The molecule has 0 spiro atoms. The number of likely N-dealkylation sites (N-methyl/N-ethyl adjacent to an activating group) is 1. The first-order chi connectivity index (χ1) is 14.5. The molecule has 0 radical (unpaired) electrons. The van der Waals surface area contributed by atoms with Gasteiger partial charge in [0, 0.05) is 45.7 Å².